The number of nitrogens with two attached hydrogens (primary N) is 1. The van der Waals surface area contributed by atoms with E-state index in [9.17, 15) is 9.59 Å². The minimum Gasteiger partial charge on any atom is -0.462 e. The number of urea groups is 1. The lowest BCUT2D eigenvalue weighted by atomic mass is 10.1. The van der Waals surface area contributed by atoms with Gasteiger partial charge < -0.3 is 21.1 Å². The lowest BCUT2D eigenvalue weighted by molar-refractivity contribution is 0.0527. The molecule has 0 unspecified atom stereocenters. The first-order valence-corrected chi connectivity index (χ1v) is 7.75. The fourth-order valence-electron chi connectivity index (χ4n) is 2.16. The number of esters is 1. The van der Waals surface area contributed by atoms with Crippen LogP contribution in [0.25, 0.3) is 0 Å². The molecular weight excluding hydrogens is 306 g/mol. The molecule has 2 rings (SSSR count). The summed E-state index contributed by atoms with van der Waals surface area (Å²) in [4.78, 5) is 23.7. The lowest BCUT2D eigenvalue weighted by Gasteiger charge is -2.10. The Kier molecular flexibility index (Phi) is 6.19. The summed E-state index contributed by atoms with van der Waals surface area (Å²) in [5.74, 6) is -0.511. The average molecular weight is 327 g/mol. The standard InChI is InChI=1S/C18H21N3O3/c1-2-24-17(22)15-12-14(8-9-16(15)19)21-18(23)20-11-10-13-6-4-3-5-7-13/h3-9,12H,2,10-11,19H2,1H3,(H2,20,21,23). The number of nitrogens with one attached hydrogen (secondary N) is 2. The van der Waals surface area contributed by atoms with Crippen molar-refractivity contribution in [1.82, 2.24) is 5.32 Å². The van der Waals surface area contributed by atoms with Crippen LogP contribution in [0.1, 0.15) is 22.8 Å². The number of nitrogen functional groups attached to an aromatic ring is 1. The van der Waals surface area contributed by atoms with Crippen LogP contribution >= 0.6 is 0 Å². The van der Waals surface area contributed by atoms with Gasteiger partial charge in [-0.05, 0) is 37.1 Å². The molecule has 126 valence electrons. The Balaban J connectivity index is 1.89. The van der Waals surface area contributed by atoms with E-state index in [0.717, 1.165) is 12.0 Å². The van der Waals surface area contributed by atoms with E-state index in [4.69, 9.17) is 10.5 Å². The third kappa shape index (κ3) is 5.01. The summed E-state index contributed by atoms with van der Waals surface area (Å²) in [5.41, 5.74) is 7.94. The Morgan fingerprint density at radius 2 is 1.88 bits per heavy atom. The van der Waals surface area contributed by atoms with Crippen LogP contribution in [0.4, 0.5) is 16.2 Å². The van der Waals surface area contributed by atoms with Crippen molar-refractivity contribution in [1.29, 1.82) is 0 Å². The number of hydrogen-bond acceptors (Lipinski definition) is 4. The van der Waals surface area contributed by atoms with Gasteiger partial charge in [-0.15, -0.1) is 0 Å². The third-order valence-corrected chi connectivity index (χ3v) is 3.35. The van der Waals surface area contributed by atoms with Gasteiger partial charge in [0.1, 0.15) is 0 Å². The zero-order valence-electron chi connectivity index (χ0n) is 13.5. The van der Waals surface area contributed by atoms with Crippen molar-refractivity contribution in [3.63, 3.8) is 0 Å². The molecule has 2 aromatic rings. The second-order valence-corrected chi connectivity index (χ2v) is 5.14. The number of carbonyl (C=O) groups is 2. The van der Waals surface area contributed by atoms with E-state index >= 15 is 0 Å². The molecule has 0 aliphatic heterocycles. The molecule has 0 saturated heterocycles. The minimum absolute atomic E-state index is 0.235. The number of amides is 2. The molecule has 6 nitrogen and oxygen atoms in total. The number of hydrogen-bond donors (Lipinski definition) is 3. The van der Waals surface area contributed by atoms with Crippen molar-refractivity contribution in [3.8, 4) is 0 Å². The zero-order chi connectivity index (χ0) is 17.4. The summed E-state index contributed by atoms with van der Waals surface area (Å²) in [6.45, 7) is 2.49. The predicted molar refractivity (Wildman–Crippen MR) is 94.0 cm³/mol. The SMILES string of the molecule is CCOC(=O)c1cc(NC(=O)NCCc2ccccc2)ccc1N. The molecule has 0 heterocycles. The highest BCUT2D eigenvalue weighted by Crippen LogP contribution is 2.18. The molecule has 2 aromatic carbocycles. The molecule has 0 aliphatic carbocycles. The van der Waals surface area contributed by atoms with Crippen molar-refractivity contribution >= 4 is 23.4 Å². The molecule has 4 N–H and O–H groups in total. The first kappa shape index (κ1) is 17.3. The van der Waals surface area contributed by atoms with E-state index in [-0.39, 0.29) is 18.2 Å². The summed E-state index contributed by atoms with van der Waals surface area (Å²) in [6.07, 6.45) is 0.740. The molecule has 24 heavy (non-hydrogen) atoms. The number of rotatable bonds is 6. The van der Waals surface area contributed by atoms with Gasteiger partial charge >= 0.3 is 12.0 Å². The van der Waals surface area contributed by atoms with E-state index in [0.29, 0.717) is 17.9 Å². The van der Waals surface area contributed by atoms with Gasteiger partial charge in [0.15, 0.2) is 0 Å². The van der Waals surface area contributed by atoms with E-state index in [1.165, 1.54) is 6.07 Å². The summed E-state index contributed by atoms with van der Waals surface area (Å²) >= 11 is 0. The Hall–Kier alpha value is -3.02. The molecule has 0 atom stereocenters. The van der Waals surface area contributed by atoms with Gasteiger partial charge in [-0.2, -0.15) is 0 Å². The van der Waals surface area contributed by atoms with Crippen molar-refractivity contribution in [2.75, 3.05) is 24.2 Å². The van der Waals surface area contributed by atoms with E-state index < -0.39 is 5.97 Å². The van der Waals surface area contributed by atoms with Gasteiger partial charge in [0.05, 0.1) is 12.2 Å². The topological polar surface area (TPSA) is 93.4 Å². The summed E-state index contributed by atoms with van der Waals surface area (Å²) < 4.78 is 4.94. The van der Waals surface area contributed by atoms with Crippen LogP contribution in [0.2, 0.25) is 0 Å². The van der Waals surface area contributed by atoms with Crippen LogP contribution in [-0.4, -0.2) is 25.2 Å². The van der Waals surface area contributed by atoms with E-state index in [1.807, 2.05) is 30.3 Å². The highest BCUT2D eigenvalue weighted by molar-refractivity contribution is 5.98. The van der Waals surface area contributed by atoms with E-state index in [1.54, 1.807) is 19.1 Å². The lowest BCUT2D eigenvalue weighted by Crippen LogP contribution is -2.30. The maximum atomic E-state index is 11.9. The van der Waals surface area contributed by atoms with Crippen LogP contribution in [0.5, 0.6) is 0 Å². The van der Waals surface area contributed by atoms with Crippen LogP contribution < -0.4 is 16.4 Å². The summed E-state index contributed by atoms with van der Waals surface area (Å²) in [7, 11) is 0. The van der Waals surface area contributed by atoms with Crippen molar-refractivity contribution in [2.24, 2.45) is 0 Å². The molecule has 0 bridgehead atoms. The van der Waals surface area contributed by atoms with Crippen LogP contribution in [0.15, 0.2) is 48.5 Å². The predicted octanol–water partition coefficient (Wildman–Crippen LogP) is 2.81. The molecule has 2 amide bonds. The highest BCUT2D eigenvalue weighted by Gasteiger charge is 2.12. The number of anilines is 2. The molecular formula is C18H21N3O3. The van der Waals surface area contributed by atoms with Gasteiger partial charge in [-0.1, -0.05) is 30.3 Å². The van der Waals surface area contributed by atoms with Crippen molar-refractivity contribution < 1.29 is 14.3 Å². The summed E-state index contributed by atoms with van der Waals surface area (Å²) in [6, 6.07) is 14.2. The van der Waals surface area contributed by atoms with Crippen LogP contribution in [0, 0.1) is 0 Å². The second kappa shape index (κ2) is 8.57. The first-order chi connectivity index (χ1) is 11.6. The highest BCUT2D eigenvalue weighted by atomic mass is 16.5. The second-order valence-electron chi connectivity index (χ2n) is 5.14. The average Bonchev–Trinajstić information content (AvgIpc) is 2.58. The molecule has 0 spiro atoms. The Morgan fingerprint density at radius 1 is 1.12 bits per heavy atom. The van der Waals surface area contributed by atoms with Gasteiger partial charge in [0, 0.05) is 17.9 Å². The third-order valence-electron chi connectivity index (χ3n) is 3.35. The summed E-state index contributed by atoms with van der Waals surface area (Å²) in [5, 5.41) is 5.45. The largest absolute Gasteiger partial charge is 0.462 e. The fourth-order valence-corrected chi connectivity index (χ4v) is 2.16. The van der Waals surface area contributed by atoms with Gasteiger partial charge in [-0.25, -0.2) is 9.59 Å². The fraction of sp³-hybridized carbons (Fsp3) is 0.222. The van der Waals surface area contributed by atoms with Crippen molar-refractivity contribution in [2.45, 2.75) is 13.3 Å². The molecule has 0 aromatic heterocycles. The normalized spacial score (nSPS) is 10.0. The first-order valence-electron chi connectivity index (χ1n) is 7.75. The van der Waals surface area contributed by atoms with Crippen LogP contribution in [-0.2, 0) is 11.2 Å². The van der Waals surface area contributed by atoms with Crippen LogP contribution in [0.3, 0.4) is 0 Å². The molecule has 0 fully saturated rings. The van der Waals surface area contributed by atoms with Gasteiger partial charge in [0.25, 0.3) is 0 Å². The quantitative estimate of drug-likeness (QED) is 0.562. The van der Waals surface area contributed by atoms with Gasteiger partial charge in [0.2, 0.25) is 0 Å². The maximum absolute atomic E-state index is 11.9. The van der Waals surface area contributed by atoms with Crippen molar-refractivity contribution in [3.05, 3.63) is 59.7 Å². The Labute approximate surface area is 141 Å². The molecule has 6 heteroatoms. The molecule has 0 radical (unpaired) electrons. The monoisotopic (exact) mass is 327 g/mol. The Morgan fingerprint density at radius 3 is 2.58 bits per heavy atom. The van der Waals surface area contributed by atoms with Gasteiger partial charge in [-0.3, -0.25) is 0 Å². The molecule has 0 saturated carbocycles. The Bertz CT molecular complexity index is 702. The minimum atomic E-state index is -0.511. The number of carbonyl (C=O) groups excluding carboxylic acids is 2. The molecule has 0 aliphatic rings. The number of ether oxygens (including phenoxy) is 1. The maximum Gasteiger partial charge on any atom is 0.340 e. The zero-order valence-corrected chi connectivity index (χ0v) is 13.5. The van der Waals surface area contributed by atoms with E-state index in [2.05, 4.69) is 10.6 Å². The number of benzene rings is 2. The smallest absolute Gasteiger partial charge is 0.340 e.